The average Bonchev–Trinajstić information content (AvgIpc) is 3.08. The molecule has 3 heterocycles. The molecule has 27 heavy (non-hydrogen) atoms. The zero-order chi connectivity index (χ0) is 19.2. The monoisotopic (exact) mass is 457 g/mol. The number of piperidine rings is 1. The van der Waals surface area contributed by atoms with Crippen LogP contribution in [0.3, 0.4) is 0 Å². The summed E-state index contributed by atoms with van der Waals surface area (Å²) >= 11 is 5.28. The van der Waals surface area contributed by atoms with Crippen LogP contribution in [0, 0.1) is 0 Å². The number of carbonyl (C=O) groups excluding carboxylic acids is 2. The number of halogens is 1. The van der Waals surface area contributed by atoms with Gasteiger partial charge in [0.05, 0.1) is 10.3 Å². The molecule has 0 radical (unpaired) electrons. The Balaban J connectivity index is 1.35. The molecule has 7 nitrogen and oxygen atoms in total. The van der Waals surface area contributed by atoms with E-state index in [4.69, 9.17) is 0 Å². The Morgan fingerprint density at radius 3 is 2.41 bits per heavy atom. The van der Waals surface area contributed by atoms with Crippen molar-refractivity contribution in [2.45, 2.75) is 25.4 Å². The fraction of sp³-hybridized carbons (Fsp3) is 0.667. The number of thiophene rings is 1. The maximum atomic E-state index is 12.6. The van der Waals surface area contributed by atoms with E-state index in [1.807, 2.05) is 4.90 Å². The van der Waals surface area contributed by atoms with Crippen LogP contribution in [0.1, 0.15) is 17.7 Å². The van der Waals surface area contributed by atoms with Gasteiger partial charge in [-0.1, -0.05) is 0 Å². The minimum atomic E-state index is 0.0465. The summed E-state index contributed by atoms with van der Waals surface area (Å²) in [5, 5.41) is 5.84. The molecule has 0 aliphatic carbocycles. The van der Waals surface area contributed by atoms with E-state index in [0.29, 0.717) is 6.54 Å². The van der Waals surface area contributed by atoms with Gasteiger partial charge in [-0.15, -0.1) is 11.3 Å². The van der Waals surface area contributed by atoms with Gasteiger partial charge in [-0.05, 0) is 40.9 Å². The average molecular weight is 458 g/mol. The van der Waals surface area contributed by atoms with Gasteiger partial charge in [0.1, 0.15) is 0 Å². The van der Waals surface area contributed by atoms with Crippen LogP contribution in [-0.2, 0) is 11.3 Å². The van der Waals surface area contributed by atoms with E-state index in [-0.39, 0.29) is 18.0 Å². The lowest BCUT2D eigenvalue weighted by Gasteiger charge is -2.37. The quantitative estimate of drug-likeness (QED) is 0.703. The summed E-state index contributed by atoms with van der Waals surface area (Å²) in [4.78, 5) is 31.8. The normalized spacial score (nSPS) is 19.9. The Morgan fingerprint density at radius 1 is 1.11 bits per heavy atom. The van der Waals surface area contributed by atoms with Crippen LogP contribution in [0.2, 0.25) is 0 Å². The SMILES string of the molecule is CNC(=O)CN1CCC(NC(=O)N2CCN(Cc3ccc(Br)s3)CC2)CC1. The van der Waals surface area contributed by atoms with E-state index >= 15 is 0 Å². The van der Waals surface area contributed by atoms with E-state index < -0.39 is 0 Å². The summed E-state index contributed by atoms with van der Waals surface area (Å²) in [5.41, 5.74) is 0. The molecule has 1 aromatic rings. The van der Waals surface area contributed by atoms with Crippen molar-refractivity contribution in [3.8, 4) is 0 Å². The van der Waals surface area contributed by atoms with Gasteiger partial charge in [0.15, 0.2) is 0 Å². The van der Waals surface area contributed by atoms with Crippen LogP contribution >= 0.6 is 27.3 Å². The molecular weight excluding hydrogens is 430 g/mol. The maximum Gasteiger partial charge on any atom is 0.317 e. The van der Waals surface area contributed by atoms with E-state index in [9.17, 15) is 9.59 Å². The van der Waals surface area contributed by atoms with Crippen LogP contribution in [0.15, 0.2) is 15.9 Å². The molecule has 9 heteroatoms. The van der Waals surface area contributed by atoms with Crippen LogP contribution in [0.4, 0.5) is 4.79 Å². The highest BCUT2D eigenvalue weighted by molar-refractivity contribution is 9.11. The van der Waals surface area contributed by atoms with E-state index in [2.05, 4.69) is 48.5 Å². The first-order valence-electron chi connectivity index (χ1n) is 9.48. The topological polar surface area (TPSA) is 67.9 Å². The van der Waals surface area contributed by atoms with E-state index in [1.165, 1.54) is 4.88 Å². The molecule has 150 valence electrons. The molecule has 3 rings (SSSR count). The lowest BCUT2D eigenvalue weighted by Crippen LogP contribution is -2.54. The second-order valence-electron chi connectivity index (χ2n) is 7.14. The van der Waals surface area contributed by atoms with Gasteiger partial charge in [-0.2, -0.15) is 0 Å². The Bertz CT molecular complexity index is 639. The number of amides is 3. The van der Waals surface area contributed by atoms with E-state index in [1.54, 1.807) is 18.4 Å². The van der Waals surface area contributed by atoms with Crippen LogP contribution < -0.4 is 10.6 Å². The van der Waals surface area contributed by atoms with Gasteiger partial charge >= 0.3 is 6.03 Å². The van der Waals surface area contributed by atoms with Crippen molar-refractivity contribution >= 4 is 39.2 Å². The number of nitrogens with one attached hydrogen (secondary N) is 2. The lowest BCUT2D eigenvalue weighted by molar-refractivity contribution is -0.122. The summed E-state index contributed by atoms with van der Waals surface area (Å²) in [5.74, 6) is 0.0465. The summed E-state index contributed by atoms with van der Waals surface area (Å²) in [6.07, 6.45) is 1.80. The van der Waals surface area contributed by atoms with Crippen LogP contribution in [0.25, 0.3) is 0 Å². The summed E-state index contributed by atoms with van der Waals surface area (Å²) in [6, 6.07) is 4.51. The second kappa shape index (κ2) is 9.86. The highest BCUT2D eigenvalue weighted by Gasteiger charge is 2.26. The van der Waals surface area contributed by atoms with Crippen LogP contribution in [0.5, 0.6) is 0 Å². The fourth-order valence-corrected chi connectivity index (χ4v) is 5.08. The van der Waals surface area contributed by atoms with Crippen molar-refractivity contribution in [1.82, 2.24) is 25.3 Å². The number of hydrogen-bond donors (Lipinski definition) is 2. The minimum absolute atomic E-state index is 0.0465. The molecule has 1 aromatic heterocycles. The predicted octanol–water partition coefficient (Wildman–Crippen LogP) is 1.55. The molecule has 2 aliphatic heterocycles. The third kappa shape index (κ3) is 6.17. The zero-order valence-corrected chi connectivity index (χ0v) is 18.1. The van der Waals surface area contributed by atoms with Gasteiger partial charge in [-0.3, -0.25) is 14.6 Å². The Kier molecular flexibility index (Phi) is 7.51. The molecule has 0 unspecified atom stereocenters. The first-order valence-corrected chi connectivity index (χ1v) is 11.1. The fourth-order valence-electron chi connectivity index (χ4n) is 3.55. The van der Waals surface area contributed by atoms with Crippen molar-refractivity contribution in [3.05, 3.63) is 20.8 Å². The number of rotatable bonds is 5. The molecule has 2 N–H and O–H groups in total. The van der Waals surface area contributed by atoms with Gasteiger partial charge in [0, 0.05) is 63.8 Å². The maximum absolute atomic E-state index is 12.6. The first-order chi connectivity index (χ1) is 13.0. The number of likely N-dealkylation sites (N-methyl/N-ethyl adjacent to an activating group) is 1. The van der Waals surface area contributed by atoms with Gasteiger partial charge in [0.2, 0.25) is 5.91 Å². The smallest absolute Gasteiger partial charge is 0.317 e. The molecule has 0 spiro atoms. The minimum Gasteiger partial charge on any atom is -0.358 e. The number of carbonyl (C=O) groups is 2. The number of nitrogens with zero attached hydrogens (tertiary/aromatic N) is 3. The summed E-state index contributed by atoms with van der Waals surface area (Å²) in [7, 11) is 1.66. The molecular formula is C18H28BrN5O2S. The third-order valence-corrected chi connectivity index (χ3v) is 6.84. The standard InChI is InChI=1S/C18H28BrN5O2S/c1-20-17(25)13-22-6-4-14(5-7-22)21-18(26)24-10-8-23(9-11-24)12-15-2-3-16(19)27-15/h2-3,14H,4-13H2,1H3,(H,20,25)(H,21,26). The van der Waals surface area contributed by atoms with E-state index in [0.717, 1.165) is 62.4 Å². The molecule has 0 bridgehead atoms. The molecule has 0 saturated carbocycles. The molecule has 2 aliphatic rings. The molecule has 3 amide bonds. The zero-order valence-electron chi connectivity index (χ0n) is 15.7. The van der Waals surface area contributed by atoms with Crippen molar-refractivity contribution in [2.75, 3.05) is 52.9 Å². The van der Waals surface area contributed by atoms with Crippen molar-refractivity contribution in [2.24, 2.45) is 0 Å². The molecule has 2 fully saturated rings. The highest BCUT2D eigenvalue weighted by Crippen LogP contribution is 2.23. The summed E-state index contributed by atoms with van der Waals surface area (Å²) in [6.45, 7) is 6.46. The van der Waals surface area contributed by atoms with Gasteiger partial charge < -0.3 is 15.5 Å². The van der Waals surface area contributed by atoms with Crippen molar-refractivity contribution in [1.29, 1.82) is 0 Å². The Hall–Kier alpha value is -1.16. The van der Waals surface area contributed by atoms with Crippen LogP contribution in [-0.4, -0.2) is 85.5 Å². The van der Waals surface area contributed by atoms with Crippen molar-refractivity contribution in [3.63, 3.8) is 0 Å². The molecule has 0 aromatic carbocycles. The number of urea groups is 1. The highest BCUT2D eigenvalue weighted by atomic mass is 79.9. The third-order valence-electron chi connectivity index (χ3n) is 5.23. The number of likely N-dealkylation sites (tertiary alicyclic amines) is 1. The summed E-state index contributed by atoms with van der Waals surface area (Å²) < 4.78 is 1.16. The molecule has 2 saturated heterocycles. The number of piperazine rings is 1. The predicted molar refractivity (Wildman–Crippen MR) is 111 cm³/mol. The largest absolute Gasteiger partial charge is 0.358 e. The van der Waals surface area contributed by atoms with Crippen molar-refractivity contribution < 1.29 is 9.59 Å². The van der Waals surface area contributed by atoms with Gasteiger partial charge in [-0.25, -0.2) is 4.79 Å². The Morgan fingerprint density at radius 2 is 1.81 bits per heavy atom. The second-order valence-corrected chi connectivity index (χ2v) is 9.69. The first kappa shape index (κ1) is 20.6. The van der Waals surface area contributed by atoms with Gasteiger partial charge in [0.25, 0.3) is 0 Å². The Labute approximate surface area is 173 Å². The lowest BCUT2D eigenvalue weighted by atomic mass is 10.1. The number of hydrogen-bond acceptors (Lipinski definition) is 5. The molecule has 0 atom stereocenters.